The van der Waals surface area contributed by atoms with E-state index in [9.17, 15) is 5.11 Å². The average Bonchev–Trinajstić information content (AvgIpc) is 3.15. The van der Waals surface area contributed by atoms with Crippen LogP contribution in [0, 0.1) is 6.92 Å². The van der Waals surface area contributed by atoms with Crippen LogP contribution in [0.1, 0.15) is 76.5 Å². The van der Waals surface area contributed by atoms with Gasteiger partial charge in [0.2, 0.25) is 0 Å². The molecule has 0 saturated carbocycles. The van der Waals surface area contributed by atoms with Crippen molar-refractivity contribution in [3.63, 3.8) is 0 Å². The minimum absolute atomic E-state index is 0.166. The van der Waals surface area contributed by atoms with Crippen molar-refractivity contribution < 1.29 is 5.11 Å². The minimum atomic E-state index is -1.07. The van der Waals surface area contributed by atoms with Crippen LogP contribution in [0.3, 0.4) is 0 Å². The number of fused-ring (bicyclic) bond motifs is 1. The molecule has 0 saturated heterocycles. The third-order valence-corrected chi connectivity index (χ3v) is 9.12. The lowest BCUT2D eigenvalue weighted by atomic mass is 9.85. The summed E-state index contributed by atoms with van der Waals surface area (Å²) in [5.41, 5.74) is 5.42. The summed E-state index contributed by atoms with van der Waals surface area (Å²) >= 11 is 5.73. The number of unbranched alkanes of at least 4 members (excludes halogenated alkanes) is 3. The first-order valence-corrected chi connectivity index (χ1v) is 15.1. The van der Waals surface area contributed by atoms with Gasteiger partial charge in [-0.2, -0.15) is 8.18 Å². The standard InChI is InChI=1S/C27H39N3OS2/c1-7-8-15-33(6,32)16-11-9-10-12-21-13-14-23-24(19-21)29-30(28-23)25-18-20(2)17-22(26(25)31)27(3,4)5/h13-14,17-19,31H,6-12,15-16H2,1-5H3. The summed E-state index contributed by atoms with van der Waals surface area (Å²) in [4.78, 5) is 1.57. The van der Waals surface area contributed by atoms with Crippen LogP contribution in [-0.4, -0.2) is 37.5 Å². The van der Waals surface area contributed by atoms with Gasteiger partial charge in [0.05, 0.1) is 0 Å². The van der Waals surface area contributed by atoms with Crippen molar-refractivity contribution in [3.8, 4) is 11.4 Å². The van der Waals surface area contributed by atoms with Gasteiger partial charge in [0.15, 0.2) is 0 Å². The number of hydrogen-bond donors (Lipinski definition) is 1. The van der Waals surface area contributed by atoms with Crippen molar-refractivity contribution in [2.45, 2.75) is 78.6 Å². The van der Waals surface area contributed by atoms with Crippen LogP contribution in [0.2, 0.25) is 0 Å². The zero-order valence-electron chi connectivity index (χ0n) is 20.9. The molecule has 1 unspecified atom stereocenters. The van der Waals surface area contributed by atoms with Gasteiger partial charge in [0.1, 0.15) is 22.5 Å². The first kappa shape index (κ1) is 25.7. The number of phenolic OH excluding ortho intramolecular Hbond substituents is 1. The first-order valence-electron chi connectivity index (χ1n) is 12.0. The van der Waals surface area contributed by atoms with Crippen LogP contribution in [0.5, 0.6) is 5.75 Å². The first-order chi connectivity index (χ1) is 15.5. The third-order valence-electron chi connectivity index (χ3n) is 6.05. The number of hydrogen-bond acceptors (Lipinski definition) is 4. The highest BCUT2D eigenvalue weighted by atomic mass is 32.8. The highest BCUT2D eigenvalue weighted by Crippen LogP contribution is 2.36. The van der Waals surface area contributed by atoms with Crippen molar-refractivity contribution >= 4 is 36.3 Å². The molecular weight excluding hydrogens is 446 g/mol. The van der Waals surface area contributed by atoms with E-state index >= 15 is 0 Å². The molecule has 1 heterocycles. The predicted octanol–water partition coefficient (Wildman–Crippen LogP) is 6.29. The van der Waals surface area contributed by atoms with Crippen molar-refractivity contribution in [1.82, 2.24) is 15.0 Å². The molecule has 0 aliphatic rings. The fourth-order valence-electron chi connectivity index (χ4n) is 4.09. The molecule has 0 bridgehead atoms. The second-order valence-electron chi connectivity index (χ2n) is 10.3. The summed E-state index contributed by atoms with van der Waals surface area (Å²) in [6.45, 7) is 10.6. The average molecular weight is 486 g/mol. The van der Waals surface area contributed by atoms with Crippen molar-refractivity contribution in [3.05, 3.63) is 47.0 Å². The van der Waals surface area contributed by atoms with E-state index in [1.165, 1.54) is 31.2 Å². The fourth-order valence-corrected chi connectivity index (χ4v) is 6.54. The number of aromatic nitrogens is 3. The normalized spacial score (nSPS) is 14.0. The molecule has 0 spiro atoms. The Morgan fingerprint density at radius 3 is 2.39 bits per heavy atom. The zero-order chi connectivity index (χ0) is 24.2. The van der Waals surface area contributed by atoms with Crippen molar-refractivity contribution in [2.75, 3.05) is 11.5 Å². The molecule has 3 aromatic rings. The number of aromatic hydroxyl groups is 1. The van der Waals surface area contributed by atoms with Gasteiger partial charge in [0, 0.05) is 5.56 Å². The Bertz CT molecular complexity index is 1200. The molecule has 3 rings (SSSR count). The molecule has 0 amide bonds. The van der Waals surface area contributed by atoms with Crippen LogP contribution in [0.25, 0.3) is 16.7 Å². The van der Waals surface area contributed by atoms with Gasteiger partial charge in [-0.25, -0.2) is 0 Å². The Kier molecular flexibility index (Phi) is 8.22. The molecule has 1 aromatic heterocycles. The maximum atomic E-state index is 10.9. The third kappa shape index (κ3) is 6.80. The van der Waals surface area contributed by atoms with Gasteiger partial charge in [-0.15, -0.1) is 15.0 Å². The molecule has 0 radical (unpaired) electrons. The van der Waals surface area contributed by atoms with Gasteiger partial charge in [0.25, 0.3) is 0 Å². The molecular formula is C27H39N3OS2. The Morgan fingerprint density at radius 2 is 1.70 bits per heavy atom. The number of aryl methyl sites for hydroxylation is 2. The lowest BCUT2D eigenvalue weighted by Crippen LogP contribution is -2.13. The molecule has 0 aliphatic carbocycles. The van der Waals surface area contributed by atoms with Gasteiger partial charge < -0.3 is 5.11 Å². The zero-order valence-corrected chi connectivity index (χ0v) is 22.5. The largest absolute Gasteiger partial charge is 0.505 e. The molecule has 0 fully saturated rings. The number of phenols is 1. The maximum Gasteiger partial charge on any atom is 0.146 e. The molecule has 2 aromatic carbocycles. The van der Waals surface area contributed by atoms with E-state index in [2.05, 4.69) is 50.8 Å². The van der Waals surface area contributed by atoms with E-state index in [0.717, 1.165) is 46.5 Å². The van der Waals surface area contributed by atoms with Crippen LogP contribution >= 0.6 is 0 Å². The molecule has 4 nitrogen and oxygen atoms in total. The van der Waals surface area contributed by atoms with Gasteiger partial charge in [-0.05, 0) is 78.9 Å². The highest BCUT2D eigenvalue weighted by Gasteiger charge is 2.22. The summed E-state index contributed by atoms with van der Waals surface area (Å²) in [6.07, 6.45) is 6.94. The summed E-state index contributed by atoms with van der Waals surface area (Å²) in [7, 11) is -1.07. The highest BCUT2D eigenvalue weighted by molar-refractivity contribution is 8.38. The molecule has 180 valence electrons. The Labute approximate surface area is 204 Å². The molecule has 1 atom stereocenters. The fraction of sp³-hybridized carbons (Fsp3) is 0.519. The maximum absolute atomic E-state index is 10.9. The summed E-state index contributed by atoms with van der Waals surface area (Å²) in [5.74, 6) is 6.79. The van der Waals surface area contributed by atoms with E-state index in [-0.39, 0.29) is 11.2 Å². The second kappa shape index (κ2) is 10.6. The topological polar surface area (TPSA) is 50.9 Å². The summed E-state index contributed by atoms with van der Waals surface area (Å²) < 4.78 is 0. The Morgan fingerprint density at radius 1 is 1.00 bits per heavy atom. The smallest absolute Gasteiger partial charge is 0.146 e. The van der Waals surface area contributed by atoms with E-state index < -0.39 is 8.18 Å². The quantitative estimate of drug-likeness (QED) is 0.271. The van der Waals surface area contributed by atoms with Gasteiger partial charge >= 0.3 is 0 Å². The second-order valence-corrected chi connectivity index (χ2v) is 15.2. The minimum Gasteiger partial charge on any atom is -0.505 e. The lowest BCUT2D eigenvalue weighted by Gasteiger charge is -2.22. The van der Waals surface area contributed by atoms with Crippen LogP contribution in [0.15, 0.2) is 30.3 Å². The predicted molar refractivity (Wildman–Crippen MR) is 148 cm³/mol. The Balaban J connectivity index is 1.69. The van der Waals surface area contributed by atoms with Gasteiger partial charge in [-0.3, -0.25) is 0 Å². The lowest BCUT2D eigenvalue weighted by molar-refractivity contribution is 0.440. The van der Waals surface area contributed by atoms with E-state index in [1.54, 1.807) is 4.80 Å². The number of nitrogens with zero attached hydrogens (tertiary/aromatic N) is 3. The van der Waals surface area contributed by atoms with Crippen LogP contribution in [-0.2, 0) is 31.2 Å². The van der Waals surface area contributed by atoms with Crippen LogP contribution in [0.4, 0.5) is 0 Å². The SMILES string of the molecule is C=S(=S)(CCCC)CCCCCc1ccc2nn(-c3cc(C)cc(C(C)(C)C)c3O)nc2c1. The van der Waals surface area contributed by atoms with E-state index in [1.807, 2.05) is 25.1 Å². The monoisotopic (exact) mass is 485 g/mol. The van der Waals surface area contributed by atoms with Crippen molar-refractivity contribution in [2.24, 2.45) is 0 Å². The molecule has 0 aliphatic heterocycles. The summed E-state index contributed by atoms with van der Waals surface area (Å²) in [5, 5.41) is 20.3. The number of rotatable bonds is 10. The van der Waals surface area contributed by atoms with E-state index in [4.69, 9.17) is 16.3 Å². The number of benzene rings is 2. The van der Waals surface area contributed by atoms with Gasteiger partial charge in [-0.1, -0.05) is 69.7 Å². The summed E-state index contributed by atoms with van der Waals surface area (Å²) in [6, 6.07) is 10.3. The Hall–Kier alpha value is -1.92. The molecule has 6 heteroatoms. The van der Waals surface area contributed by atoms with Crippen molar-refractivity contribution in [1.29, 1.82) is 0 Å². The molecule has 33 heavy (non-hydrogen) atoms. The van der Waals surface area contributed by atoms with E-state index in [0.29, 0.717) is 5.69 Å². The van der Waals surface area contributed by atoms with Crippen LogP contribution < -0.4 is 0 Å². The molecule has 1 N–H and O–H groups in total.